The molecule has 3 aromatic rings. The number of methoxy groups -OCH3 is 1. The molecule has 4 nitrogen and oxygen atoms in total. The van der Waals surface area contributed by atoms with Crippen molar-refractivity contribution >= 4 is 37.6 Å². The molecule has 0 radical (unpaired) electrons. The van der Waals surface area contributed by atoms with Crippen LogP contribution < -0.4 is 10.3 Å². The highest BCUT2D eigenvalue weighted by Gasteiger charge is 2.10. The van der Waals surface area contributed by atoms with E-state index in [1.807, 2.05) is 6.07 Å². The molecule has 1 heterocycles. The van der Waals surface area contributed by atoms with Crippen LogP contribution in [0.15, 0.2) is 39.6 Å². The Kier molecular flexibility index (Phi) is 2.96. The van der Waals surface area contributed by atoms with Gasteiger partial charge < -0.3 is 9.72 Å². The van der Waals surface area contributed by atoms with Crippen LogP contribution in [0.2, 0.25) is 0 Å². The Balaban J connectivity index is 2.57. The van der Waals surface area contributed by atoms with Crippen molar-refractivity contribution in [2.45, 2.75) is 0 Å². The summed E-state index contributed by atoms with van der Waals surface area (Å²) in [6, 6.07) is 10.8. The second kappa shape index (κ2) is 4.66. The highest BCUT2D eigenvalue weighted by atomic mass is 79.9. The summed E-state index contributed by atoms with van der Waals surface area (Å²) in [5.74, 6) is 0.681. The molecule has 0 aliphatic rings. The molecule has 98 valence electrons. The van der Waals surface area contributed by atoms with Crippen molar-refractivity contribution in [3.8, 4) is 11.8 Å². The van der Waals surface area contributed by atoms with E-state index in [1.165, 1.54) is 0 Å². The lowest BCUT2D eigenvalue weighted by Crippen LogP contribution is -2.06. The average molecular weight is 329 g/mol. The van der Waals surface area contributed by atoms with E-state index in [9.17, 15) is 4.79 Å². The van der Waals surface area contributed by atoms with Gasteiger partial charge in [0.25, 0.3) is 5.56 Å². The number of fused-ring (bicyclic) bond motifs is 3. The fourth-order valence-corrected chi connectivity index (χ4v) is 2.96. The van der Waals surface area contributed by atoms with Crippen LogP contribution in [0.25, 0.3) is 21.7 Å². The molecule has 0 saturated carbocycles. The van der Waals surface area contributed by atoms with E-state index in [0.29, 0.717) is 22.2 Å². The van der Waals surface area contributed by atoms with Gasteiger partial charge in [-0.3, -0.25) is 4.79 Å². The van der Waals surface area contributed by atoms with Crippen LogP contribution in [0.3, 0.4) is 0 Å². The minimum atomic E-state index is -0.183. The molecule has 0 aliphatic heterocycles. The SMILES string of the molecule is COc1ccc2c(=O)[nH]c3cc(C#N)cc(Br)c3c2c1. The number of nitrogens with one attached hydrogen (secondary N) is 1. The lowest BCUT2D eigenvalue weighted by molar-refractivity contribution is 0.415. The quantitative estimate of drug-likeness (QED) is 0.697. The Bertz CT molecular complexity index is 938. The van der Waals surface area contributed by atoms with Gasteiger partial charge >= 0.3 is 0 Å². The van der Waals surface area contributed by atoms with Crippen molar-refractivity contribution in [1.29, 1.82) is 5.26 Å². The van der Waals surface area contributed by atoms with Gasteiger partial charge in [-0.05, 0) is 30.3 Å². The van der Waals surface area contributed by atoms with Gasteiger partial charge in [0.2, 0.25) is 0 Å². The second-order valence-electron chi connectivity index (χ2n) is 4.36. The molecule has 0 bridgehead atoms. The van der Waals surface area contributed by atoms with Crippen LogP contribution in [0, 0.1) is 11.3 Å². The van der Waals surface area contributed by atoms with E-state index in [2.05, 4.69) is 27.0 Å². The molecule has 0 atom stereocenters. The van der Waals surface area contributed by atoms with E-state index < -0.39 is 0 Å². The van der Waals surface area contributed by atoms with Crippen molar-refractivity contribution < 1.29 is 4.74 Å². The molecule has 0 fully saturated rings. The van der Waals surface area contributed by atoms with Gasteiger partial charge in [0, 0.05) is 20.6 Å². The maximum Gasteiger partial charge on any atom is 0.256 e. The number of hydrogen-bond acceptors (Lipinski definition) is 3. The summed E-state index contributed by atoms with van der Waals surface area (Å²) in [7, 11) is 1.58. The molecule has 0 saturated heterocycles. The lowest BCUT2D eigenvalue weighted by Gasteiger charge is -2.08. The molecular weight excluding hydrogens is 320 g/mol. The number of H-pyrrole nitrogens is 1. The van der Waals surface area contributed by atoms with Crippen molar-refractivity contribution in [3.63, 3.8) is 0 Å². The van der Waals surface area contributed by atoms with Crippen molar-refractivity contribution in [3.05, 3.63) is 50.7 Å². The smallest absolute Gasteiger partial charge is 0.256 e. The first-order chi connectivity index (χ1) is 9.63. The summed E-state index contributed by atoms with van der Waals surface area (Å²) in [5.41, 5.74) is 0.932. The van der Waals surface area contributed by atoms with Crippen molar-refractivity contribution in [2.75, 3.05) is 7.11 Å². The Morgan fingerprint density at radius 2 is 2.05 bits per heavy atom. The number of aromatic amines is 1. The molecule has 0 amide bonds. The molecule has 1 aromatic heterocycles. The maximum absolute atomic E-state index is 12.1. The zero-order valence-electron chi connectivity index (χ0n) is 10.5. The number of nitrogens with zero attached hydrogens (tertiary/aromatic N) is 1. The van der Waals surface area contributed by atoms with Gasteiger partial charge in [-0.25, -0.2) is 0 Å². The number of aromatic nitrogens is 1. The molecule has 1 N–H and O–H groups in total. The number of pyridine rings is 1. The third-order valence-electron chi connectivity index (χ3n) is 3.21. The Hall–Kier alpha value is -2.32. The van der Waals surface area contributed by atoms with Gasteiger partial charge in [0.15, 0.2) is 0 Å². The van der Waals surface area contributed by atoms with Gasteiger partial charge in [0.05, 0.1) is 24.3 Å². The summed E-state index contributed by atoms with van der Waals surface area (Å²) in [6.45, 7) is 0. The van der Waals surface area contributed by atoms with E-state index in [-0.39, 0.29) is 5.56 Å². The zero-order valence-corrected chi connectivity index (χ0v) is 12.1. The first kappa shape index (κ1) is 12.7. The minimum absolute atomic E-state index is 0.183. The second-order valence-corrected chi connectivity index (χ2v) is 5.21. The lowest BCUT2D eigenvalue weighted by atomic mass is 10.0. The van der Waals surface area contributed by atoms with Crippen LogP contribution in [-0.2, 0) is 0 Å². The number of nitriles is 1. The fourth-order valence-electron chi connectivity index (χ4n) is 2.29. The molecule has 2 aromatic carbocycles. The highest BCUT2D eigenvalue weighted by molar-refractivity contribution is 9.10. The summed E-state index contributed by atoms with van der Waals surface area (Å²) >= 11 is 3.47. The monoisotopic (exact) mass is 328 g/mol. The standard InChI is InChI=1S/C15H9BrN2O2/c1-20-9-2-3-10-11(6-9)14-12(16)4-8(7-17)5-13(14)18-15(10)19/h2-6H,1H3,(H,18,19). The summed E-state index contributed by atoms with van der Waals surface area (Å²) < 4.78 is 5.98. The van der Waals surface area contributed by atoms with E-state index in [4.69, 9.17) is 10.00 Å². The predicted molar refractivity (Wildman–Crippen MR) is 81.0 cm³/mol. The summed E-state index contributed by atoms with van der Waals surface area (Å²) in [4.78, 5) is 14.9. The van der Waals surface area contributed by atoms with Crippen LogP contribution in [0.1, 0.15) is 5.56 Å². The molecular formula is C15H9BrN2O2. The Morgan fingerprint density at radius 1 is 1.25 bits per heavy atom. The van der Waals surface area contributed by atoms with Crippen molar-refractivity contribution in [1.82, 2.24) is 4.98 Å². The van der Waals surface area contributed by atoms with Gasteiger partial charge in [-0.2, -0.15) is 5.26 Å². The summed E-state index contributed by atoms with van der Waals surface area (Å²) in [5, 5.41) is 11.2. The Morgan fingerprint density at radius 3 is 2.75 bits per heavy atom. The van der Waals surface area contributed by atoms with Gasteiger partial charge in [-0.1, -0.05) is 15.9 Å². The molecule has 0 spiro atoms. The first-order valence-corrected chi connectivity index (χ1v) is 6.66. The topological polar surface area (TPSA) is 65.9 Å². The van der Waals surface area contributed by atoms with Crippen LogP contribution in [0.5, 0.6) is 5.75 Å². The number of hydrogen-bond donors (Lipinski definition) is 1. The zero-order chi connectivity index (χ0) is 14.3. The molecule has 20 heavy (non-hydrogen) atoms. The van der Waals surface area contributed by atoms with Gasteiger partial charge in [-0.15, -0.1) is 0 Å². The third-order valence-corrected chi connectivity index (χ3v) is 3.83. The molecule has 0 aliphatic carbocycles. The average Bonchev–Trinajstić information content (AvgIpc) is 2.46. The van der Waals surface area contributed by atoms with Crippen LogP contribution >= 0.6 is 15.9 Å². The van der Waals surface area contributed by atoms with Crippen LogP contribution in [0.4, 0.5) is 0 Å². The molecule has 5 heteroatoms. The first-order valence-electron chi connectivity index (χ1n) is 5.87. The molecule has 0 unspecified atom stereocenters. The van der Waals surface area contributed by atoms with E-state index in [1.54, 1.807) is 31.4 Å². The van der Waals surface area contributed by atoms with E-state index >= 15 is 0 Å². The van der Waals surface area contributed by atoms with Crippen LogP contribution in [-0.4, -0.2) is 12.1 Å². The Labute approximate surface area is 122 Å². The van der Waals surface area contributed by atoms with Gasteiger partial charge in [0.1, 0.15) is 5.75 Å². The number of ether oxygens (including phenoxy) is 1. The van der Waals surface area contributed by atoms with Crippen molar-refractivity contribution in [2.24, 2.45) is 0 Å². The number of halogens is 1. The normalized spacial score (nSPS) is 10.7. The number of rotatable bonds is 1. The number of benzene rings is 2. The summed E-state index contributed by atoms with van der Waals surface area (Å²) in [6.07, 6.45) is 0. The van der Waals surface area contributed by atoms with E-state index in [0.717, 1.165) is 15.2 Å². The highest BCUT2D eigenvalue weighted by Crippen LogP contribution is 2.31. The maximum atomic E-state index is 12.1. The third kappa shape index (κ3) is 1.86. The fraction of sp³-hybridized carbons (Fsp3) is 0.0667. The molecule has 3 rings (SSSR count). The predicted octanol–water partition coefficient (Wildman–Crippen LogP) is 3.32. The minimum Gasteiger partial charge on any atom is -0.497 e. The largest absolute Gasteiger partial charge is 0.497 e.